The summed E-state index contributed by atoms with van der Waals surface area (Å²) in [5.41, 5.74) is 7.52. The quantitative estimate of drug-likeness (QED) is 0.835. The Morgan fingerprint density at radius 1 is 1.20 bits per heavy atom. The number of carbonyl (C=O) groups excluding carboxylic acids is 1. The number of aryl methyl sites for hydroxylation is 1. The highest BCUT2D eigenvalue weighted by Gasteiger charge is 2.40. The van der Waals surface area contributed by atoms with Gasteiger partial charge in [0, 0.05) is 23.9 Å². The van der Waals surface area contributed by atoms with E-state index in [2.05, 4.69) is 5.32 Å². The number of amides is 1. The molecule has 3 rings (SSSR count). The van der Waals surface area contributed by atoms with Crippen molar-refractivity contribution in [3.8, 4) is 0 Å². The number of nitrogens with two attached hydrogens (primary N) is 1. The lowest BCUT2D eigenvalue weighted by molar-refractivity contribution is -0.122. The Kier molecular flexibility index (Phi) is 6.17. The summed E-state index contributed by atoms with van der Waals surface area (Å²) < 4.78 is 23.7. The van der Waals surface area contributed by atoms with Gasteiger partial charge < -0.3 is 11.1 Å². The summed E-state index contributed by atoms with van der Waals surface area (Å²) in [6, 6.07) is 5.28. The number of carbonyl (C=O) groups is 1. The van der Waals surface area contributed by atoms with Gasteiger partial charge in [0.2, 0.25) is 5.91 Å². The third kappa shape index (κ3) is 4.36. The van der Waals surface area contributed by atoms with Crippen LogP contribution in [0.5, 0.6) is 0 Å². The van der Waals surface area contributed by atoms with Crippen LogP contribution in [0.15, 0.2) is 23.1 Å². The first kappa shape index (κ1) is 20.2. The molecule has 1 aromatic rings. The van der Waals surface area contributed by atoms with E-state index in [0.29, 0.717) is 23.1 Å². The number of hydrogen-bond acceptors (Lipinski definition) is 4. The number of sulfone groups is 1. The molecule has 140 valence electrons. The van der Waals surface area contributed by atoms with Crippen molar-refractivity contribution in [2.24, 2.45) is 23.5 Å². The van der Waals surface area contributed by atoms with Gasteiger partial charge in [0.15, 0.2) is 9.84 Å². The molecule has 3 N–H and O–H groups in total. The Morgan fingerprint density at radius 3 is 2.36 bits per heavy atom. The number of benzene rings is 1. The zero-order valence-electron chi connectivity index (χ0n) is 14.7. The normalized spacial score (nSPS) is 28.8. The van der Waals surface area contributed by atoms with E-state index < -0.39 is 9.84 Å². The minimum absolute atomic E-state index is 0. The van der Waals surface area contributed by atoms with Gasteiger partial charge in [-0.2, -0.15) is 0 Å². The fourth-order valence-electron chi connectivity index (χ4n) is 4.32. The van der Waals surface area contributed by atoms with E-state index in [1.807, 2.05) is 0 Å². The molecule has 0 aliphatic heterocycles. The highest BCUT2D eigenvalue weighted by Crippen LogP contribution is 2.42. The van der Waals surface area contributed by atoms with Gasteiger partial charge in [0.25, 0.3) is 0 Å². The van der Waals surface area contributed by atoms with Crippen LogP contribution < -0.4 is 11.1 Å². The monoisotopic (exact) mass is 386 g/mol. The van der Waals surface area contributed by atoms with Gasteiger partial charge in [-0.1, -0.05) is 12.5 Å². The third-order valence-corrected chi connectivity index (χ3v) is 6.88. The van der Waals surface area contributed by atoms with Crippen LogP contribution in [-0.4, -0.2) is 26.6 Å². The molecule has 7 heteroatoms. The van der Waals surface area contributed by atoms with Crippen molar-refractivity contribution >= 4 is 33.8 Å². The number of anilines is 1. The van der Waals surface area contributed by atoms with E-state index in [-0.39, 0.29) is 35.2 Å². The number of nitrogens with one attached hydrogen (secondary N) is 1. The topological polar surface area (TPSA) is 89.3 Å². The van der Waals surface area contributed by atoms with Gasteiger partial charge in [-0.25, -0.2) is 8.42 Å². The van der Waals surface area contributed by atoms with Gasteiger partial charge in [0.1, 0.15) is 0 Å². The molecule has 0 radical (unpaired) electrons. The predicted octanol–water partition coefficient (Wildman–Crippen LogP) is 2.91. The standard InChI is InChI=1S/C18H26N2O3S.ClH/c1-11-6-7-15(10-16(11)24(2,22)23)20-18(21)14-8-12-4-3-5-13(9-14)17(12)19;/h6-7,10,12-14,17H,3-5,8-9,19H2,1-2H3,(H,20,21);1H. The average molecular weight is 387 g/mol. The van der Waals surface area contributed by atoms with Crippen molar-refractivity contribution in [2.75, 3.05) is 11.6 Å². The van der Waals surface area contributed by atoms with Crippen molar-refractivity contribution in [1.82, 2.24) is 0 Å². The number of hydrogen-bond donors (Lipinski definition) is 2. The van der Waals surface area contributed by atoms with Crippen LogP contribution in [0.25, 0.3) is 0 Å². The molecule has 2 fully saturated rings. The maximum Gasteiger partial charge on any atom is 0.227 e. The van der Waals surface area contributed by atoms with Crippen LogP contribution in [0, 0.1) is 24.7 Å². The molecule has 0 spiro atoms. The van der Waals surface area contributed by atoms with Crippen molar-refractivity contribution in [3.05, 3.63) is 23.8 Å². The summed E-state index contributed by atoms with van der Waals surface area (Å²) in [6.07, 6.45) is 6.31. The molecule has 0 aromatic heterocycles. The lowest BCUT2D eigenvalue weighted by atomic mass is 9.65. The number of halogens is 1. The van der Waals surface area contributed by atoms with Crippen molar-refractivity contribution < 1.29 is 13.2 Å². The molecule has 2 aliphatic carbocycles. The number of fused-ring (bicyclic) bond motifs is 2. The van der Waals surface area contributed by atoms with Crippen LogP contribution in [0.3, 0.4) is 0 Å². The Balaban J connectivity index is 0.00000225. The van der Waals surface area contributed by atoms with Gasteiger partial charge >= 0.3 is 0 Å². The van der Waals surface area contributed by atoms with E-state index in [1.54, 1.807) is 25.1 Å². The second-order valence-corrected chi connectivity index (χ2v) is 9.42. The summed E-state index contributed by atoms with van der Waals surface area (Å²) in [5.74, 6) is 0.848. The lowest BCUT2D eigenvalue weighted by Gasteiger charge is -2.43. The average Bonchev–Trinajstić information content (AvgIpc) is 2.47. The molecule has 0 heterocycles. The van der Waals surface area contributed by atoms with E-state index in [1.165, 1.54) is 12.7 Å². The van der Waals surface area contributed by atoms with Crippen LogP contribution in [0.1, 0.15) is 37.7 Å². The SMILES string of the molecule is Cc1ccc(NC(=O)C2CC3CCCC(C2)C3N)cc1S(C)(=O)=O.Cl. The summed E-state index contributed by atoms with van der Waals surface area (Å²) in [6.45, 7) is 1.76. The largest absolute Gasteiger partial charge is 0.327 e. The van der Waals surface area contributed by atoms with Gasteiger partial charge in [-0.3, -0.25) is 4.79 Å². The molecule has 25 heavy (non-hydrogen) atoms. The van der Waals surface area contributed by atoms with Crippen LogP contribution >= 0.6 is 12.4 Å². The Morgan fingerprint density at radius 2 is 1.80 bits per heavy atom. The first-order valence-electron chi connectivity index (χ1n) is 8.63. The Bertz CT molecular complexity index is 737. The second kappa shape index (κ2) is 7.64. The molecule has 2 saturated carbocycles. The fourth-order valence-corrected chi connectivity index (χ4v) is 5.32. The maximum atomic E-state index is 12.6. The van der Waals surface area contributed by atoms with E-state index in [0.717, 1.165) is 25.7 Å². The summed E-state index contributed by atoms with van der Waals surface area (Å²) in [4.78, 5) is 12.9. The number of rotatable bonds is 3. The molecule has 2 atom stereocenters. The Hall–Kier alpha value is -1.11. The lowest BCUT2D eigenvalue weighted by Crippen LogP contribution is -2.48. The van der Waals surface area contributed by atoms with E-state index >= 15 is 0 Å². The molecule has 1 amide bonds. The highest BCUT2D eigenvalue weighted by atomic mass is 35.5. The van der Waals surface area contributed by atoms with Crippen LogP contribution in [0.2, 0.25) is 0 Å². The van der Waals surface area contributed by atoms with Crippen LogP contribution in [0.4, 0.5) is 5.69 Å². The summed E-state index contributed by atoms with van der Waals surface area (Å²) in [7, 11) is -3.30. The first-order valence-corrected chi connectivity index (χ1v) is 10.5. The molecular formula is C18H27ClN2O3S. The van der Waals surface area contributed by atoms with Gasteiger partial charge in [-0.15, -0.1) is 12.4 Å². The van der Waals surface area contributed by atoms with Crippen LogP contribution in [-0.2, 0) is 14.6 Å². The molecule has 2 bridgehead atoms. The zero-order chi connectivity index (χ0) is 17.5. The predicted molar refractivity (Wildman–Crippen MR) is 102 cm³/mol. The van der Waals surface area contributed by atoms with Crippen molar-refractivity contribution in [2.45, 2.75) is 50.0 Å². The smallest absolute Gasteiger partial charge is 0.227 e. The zero-order valence-corrected chi connectivity index (χ0v) is 16.3. The minimum Gasteiger partial charge on any atom is -0.327 e. The molecular weight excluding hydrogens is 360 g/mol. The Labute approximate surface area is 156 Å². The molecule has 2 unspecified atom stereocenters. The van der Waals surface area contributed by atoms with Crippen molar-refractivity contribution in [3.63, 3.8) is 0 Å². The molecule has 5 nitrogen and oxygen atoms in total. The fraction of sp³-hybridized carbons (Fsp3) is 0.611. The molecule has 0 saturated heterocycles. The second-order valence-electron chi connectivity index (χ2n) is 7.44. The third-order valence-electron chi connectivity index (χ3n) is 5.64. The highest BCUT2D eigenvalue weighted by molar-refractivity contribution is 7.90. The van der Waals surface area contributed by atoms with E-state index in [9.17, 15) is 13.2 Å². The summed E-state index contributed by atoms with van der Waals surface area (Å²) in [5, 5.41) is 2.91. The summed E-state index contributed by atoms with van der Waals surface area (Å²) >= 11 is 0. The van der Waals surface area contributed by atoms with Crippen molar-refractivity contribution in [1.29, 1.82) is 0 Å². The van der Waals surface area contributed by atoms with E-state index in [4.69, 9.17) is 5.73 Å². The maximum absolute atomic E-state index is 12.6. The van der Waals surface area contributed by atoms with Gasteiger partial charge in [-0.05, 0) is 62.1 Å². The van der Waals surface area contributed by atoms with Gasteiger partial charge in [0.05, 0.1) is 4.90 Å². The minimum atomic E-state index is -3.30. The molecule has 1 aromatic carbocycles. The first-order chi connectivity index (χ1) is 11.3. The molecule has 2 aliphatic rings.